The highest BCUT2D eigenvalue weighted by Crippen LogP contribution is 2.40. The Bertz CT molecular complexity index is 2090. The van der Waals surface area contributed by atoms with Crippen LogP contribution in [-0.2, 0) is 29.9 Å². The highest BCUT2D eigenvalue weighted by atomic mass is 16.5. The Balaban J connectivity index is 1.14. The lowest BCUT2D eigenvalue weighted by Crippen LogP contribution is -2.39. The van der Waals surface area contributed by atoms with Crippen LogP contribution in [-0.4, -0.2) is 31.8 Å². The van der Waals surface area contributed by atoms with Gasteiger partial charge in [-0.1, -0.05) is 140 Å². The molecule has 1 aliphatic rings. The lowest BCUT2D eigenvalue weighted by Gasteiger charge is -2.34. The van der Waals surface area contributed by atoms with Gasteiger partial charge in [-0.2, -0.15) is 0 Å². The maximum Gasteiger partial charge on any atom is 0.205 e. The molecule has 7 nitrogen and oxygen atoms in total. The number of fused-ring (bicyclic) bond motifs is 1. The molecule has 0 amide bonds. The Morgan fingerprint density at radius 1 is 0.714 bits per heavy atom. The van der Waals surface area contributed by atoms with Crippen molar-refractivity contribution in [2.75, 3.05) is 6.61 Å². The number of nitrogens with zero attached hydrogens (tertiary/aromatic N) is 5. The number of aromatic nitrogens is 5. The molecule has 0 saturated heterocycles. The molecule has 240 valence electrons. The highest BCUT2D eigenvalue weighted by Gasteiger charge is 2.41. The zero-order chi connectivity index (χ0) is 33.0. The molecule has 0 fully saturated rings. The number of benzene rings is 5. The predicted octanol–water partition coefficient (Wildman–Crippen LogP) is 8.20. The lowest BCUT2D eigenvalue weighted by molar-refractivity contribution is 0.105. The van der Waals surface area contributed by atoms with Crippen LogP contribution in [0.2, 0.25) is 0 Å². The first kappa shape index (κ1) is 30.4. The van der Waals surface area contributed by atoms with E-state index < -0.39 is 5.54 Å². The van der Waals surface area contributed by atoms with Crippen molar-refractivity contribution >= 4 is 0 Å². The molecule has 7 heteroatoms. The highest BCUT2D eigenvalue weighted by molar-refractivity contribution is 5.80. The van der Waals surface area contributed by atoms with Crippen LogP contribution in [0.1, 0.15) is 39.2 Å². The van der Waals surface area contributed by atoms with Crippen LogP contribution in [0.5, 0.6) is 5.75 Å². The van der Waals surface area contributed by atoms with Crippen LogP contribution < -0.4 is 4.74 Å². The Morgan fingerprint density at radius 2 is 1.31 bits per heavy atom. The number of aryl methyl sites for hydroxylation is 1. The first-order valence-electron chi connectivity index (χ1n) is 16.6. The Labute approximate surface area is 285 Å². The minimum Gasteiger partial charge on any atom is -0.488 e. The zero-order valence-electron chi connectivity index (χ0n) is 27.2. The molecule has 1 aliphatic heterocycles. The standard InChI is InChI=1S/C42H35N5O2/c1-30-27-40(38-29-48-26-25-39(38)43-30)49-28-31-21-23-32(24-22-31)36-19-11-12-20-37(36)41-44-46-47(45-41)42(33-13-5-2-6-14-33,34-15-7-3-8-16-34)35-17-9-4-10-18-35/h2-24,27H,25-26,28-29H2,1H3. The summed E-state index contributed by atoms with van der Waals surface area (Å²) in [4.78, 5) is 6.46. The van der Waals surface area contributed by atoms with E-state index in [2.05, 4.69) is 109 Å². The van der Waals surface area contributed by atoms with Crippen LogP contribution in [0.4, 0.5) is 0 Å². The number of tetrazole rings is 1. The van der Waals surface area contributed by atoms with Crippen LogP contribution in [0.25, 0.3) is 22.5 Å². The van der Waals surface area contributed by atoms with Gasteiger partial charge in [0.1, 0.15) is 12.4 Å². The van der Waals surface area contributed by atoms with Crippen molar-refractivity contribution in [1.29, 1.82) is 0 Å². The number of ether oxygens (including phenoxy) is 2. The van der Waals surface area contributed by atoms with E-state index in [0.717, 1.165) is 68.1 Å². The molecule has 3 heterocycles. The fourth-order valence-corrected chi connectivity index (χ4v) is 6.78. The summed E-state index contributed by atoms with van der Waals surface area (Å²) < 4.78 is 12.0. The molecule has 0 unspecified atom stereocenters. The molecule has 0 N–H and O–H groups in total. The third-order valence-corrected chi connectivity index (χ3v) is 9.14. The largest absolute Gasteiger partial charge is 0.488 e. The van der Waals surface area contributed by atoms with E-state index in [1.807, 2.05) is 43.3 Å². The first-order chi connectivity index (χ1) is 24.2. The van der Waals surface area contributed by atoms with Crippen LogP contribution in [0.3, 0.4) is 0 Å². The smallest absolute Gasteiger partial charge is 0.205 e. The maximum absolute atomic E-state index is 6.30. The average molecular weight is 642 g/mol. The summed E-state index contributed by atoms with van der Waals surface area (Å²) >= 11 is 0. The van der Waals surface area contributed by atoms with Gasteiger partial charge in [-0.3, -0.25) is 4.98 Å². The van der Waals surface area contributed by atoms with Crippen molar-refractivity contribution < 1.29 is 9.47 Å². The monoisotopic (exact) mass is 641 g/mol. The summed E-state index contributed by atoms with van der Waals surface area (Å²) in [6.07, 6.45) is 0.815. The number of pyridine rings is 1. The van der Waals surface area contributed by atoms with Gasteiger partial charge < -0.3 is 9.47 Å². The lowest BCUT2D eigenvalue weighted by atomic mass is 9.77. The molecule has 2 aromatic heterocycles. The van der Waals surface area contributed by atoms with Crippen LogP contribution in [0, 0.1) is 6.92 Å². The molecule has 49 heavy (non-hydrogen) atoms. The van der Waals surface area contributed by atoms with E-state index in [9.17, 15) is 0 Å². The Kier molecular flexibility index (Phi) is 8.25. The van der Waals surface area contributed by atoms with E-state index in [-0.39, 0.29) is 0 Å². The molecule has 0 saturated carbocycles. The van der Waals surface area contributed by atoms with Crippen LogP contribution >= 0.6 is 0 Å². The minimum absolute atomic E-state index is 0.453. The van der Waals surface area contributed by atoms with E-state index in [0.29, 0.717) is 25.6 Å². The van der Waals surface area contributed by atoms with Gasteiger partial charge in [-0.25, -0.2) is 0 Å². The average Bonchev–Trinajstić information content (AvgIpc) is 3.66. The summed E-state index contributed by atoms with van der Waals surface area (Å²) in [7, 11) is 0. The van der Waals surface area contributed by atoms with E-state index in [1.54, 1.807) is 4.80 Å². The maximum atomic E-state index is 6.30. The number of hydrogen-bond acceptors (Lipinski definition) is 6. The molecule has 0 spiro atoms. The minimum atomic E-state index is -0.843. The van der Waals surface area contributed by atoms with Crippen molar-refractivity contribution in [3.05, 3.63) is 185 Å². The van der Waals surface area contributed by atoms with Gasteiger partial charge in [0.05, 0.1) is 18.9 Å². The summed E-state index contributed by atoms with van der Waals surface area (Å²) in [5.74, 6) is 1.40. The molecular formula is C42H35N5O2. The van der Waals surface area contributed by atoms with Gasteiger partial charge >= 0.3 is 0 Å². The van der Waals surface area contributed by atoms with Gasteiger partial charge in [0.25, 0.3) is 0 Å². The van der Waals surface area contributed by atoms with E-state index in [4.69, 9.17) is 29.9 Å². The third kappa shape index (κ3) is 5.79. The van der Waals surface area contributed by atoms with Crippen molar-refractivity contribution in [1.82, 2.24) is 25.2 Å². The molecule has 0 radical (unpaired) electrons. The Hall–Kier alpha value is -5.92. The second-order valence-electron chi connectivity index (χ2n) is 12.2. The number of hydrogen-bond donors (Lipinski definition) is 0. The summed E-state index contributed by atoms with van der Waals surface area (Å²) in [5.41, 5.74) is 9.42. The first-order valence-corrected chi connectivity index (χ1v) is 16.6. The molecule has 7 aromatic rings. The summed E-state index contributed by atoms with van der Waals surface area (Å²) in [6, 6.07) is 49.8. The van der Waals surface area contributed by atoms with E-state index >= 15 is 0 Å². The van der Waals surface area contributed by atoms with Crippen LogP contribution in [0.15, 0.2) is 146 Å². The molecule has 0 atom stereocenters. The van der Waals surface area contributed by atoms with Crippen molar-refractivity contribution in [2.45, 2.75) is 32.1 Å². The summed E-state index contributed by atoms with van der Waals surface area (Å²) in [6.45, 7) is 3.70. The van der Waals surface area contributed by atoms with Crippen molar-refractivity contribution in [3.8, 4) is 28.3 Å². The second kappa shape index (κ2) is 13.3. The fourth-order valence-electron chi connectivity index (χ4n) is 6.78. The number of rotatable bonds is 9. The van der Waals surface area contributed by atoms with E-state index in [1.165, 1.54) is 0 Å². The van der Waals surface area contributed by atoms with Crippen molar-refractivity contribution in [2.24, 2.45) is 0 Å². The molecular weight excluding hydrogens is 606 g/mol. The second-order valence-corrected chi connectivity index (χ2v) is 12.2. The topological polar surface area (TPSA) is 75.0 Å². The third-order valence-electron chi connectivity index (χ3n) is 9.14. The SMILES string of the molecule is Cc1cc(OCc2ccc(-c3ccccc3-c3nnn(C(c4ccccc4)(c4ccccc4)c4ccccc4)n3)cc2)c2c(n1)CCOC2. The van der Waals surface area contributed by atoms with Gasteiger partial charge in [0.15, 0.2) is 5.54 Å². The van der Waals surface area contributed by atoms with Gasteiger partial charge in [-0.05, 0) is 45.5 Å². The van der Waals surface area contributed by atoms with Gasteiger partial charge in [-0.15, -0.1) is 15.0 Å². The quantitative estimate of drug-likeness (QED) is 0.148. The fraction of sp³-hybridized carbons (Fsp3) is 0.143. The molecule has 5 aromatic carbocycles. The van der Waals surface area contributed by atoms with Gasteiger partial charge in [0, 0.05) is 29.3 Å². The normalized spacial score (nSPS) is 12.8. The molecule has 0 bridgehead atoms. The van der Waals surface area contributed by atoms with Crippen molar-refractivity contribution in [3.63, 3.8) is 0 Å². The zero-order valence-corrected chi connectivity index (χ0v) is 27.2. The summed E-state index contributed by atoms with van der Waals surface area (Å²) in [5, 5.41) is 14.6. The molecule has 8 rings (SSSR count). The Morgan fingerprint density at radius 3 is 1.94 bits per heavy atom. The molecule has 0 aliphatic carbocycles. The van der Waals surface area contributed by atoms with Gasteiger partial charge in [0.2, 0.25) is 5.82 Å². The predicted molar refractivity (Wildman–Crippen MR) is 190 cm³/mol.